The number of hydrogen-bond acceptors (Lipinski definition) is 5. The van der Waals surface area contributed by atoms with Gasteiger partial charge in [-0.2, -0.15) is 0 Å². The summed E-state index contributed by atoms with van der Waals surface area (Å²) in [4.78, 5) is 12.8. The molecule has 24 heavy (non-hydrogen) atoms. The fraction of sp³-hybridized carbons (Fsp3) is 0.0625. The van der Waals surface area contributed by atoms with E-state index in [0.717, 1.165) is 0 Å². The first-order chi connectivity index (χ1) is 11.4. The van der Waals surface area contributed by atoms with Crippen LogP contribution in [0.1, 0.15) is 15.9 Å². The molecule has 1 aromatic heterocycles. The summed E-state index contributed by atoms with van der Waals surface area (Å²) in [5, 5.41) is 28.8. The molecule has 0 aliphatic heterocycles. The lowest BCUT2D eigenvalue weighted by atomic mass is 10.1. The molecule has 0 saturated carbocycles. The van der Waals surface area contributed by atoms with Gasteiger partial charge in [0.25, 0.3) is 5.91 Å². The van der Waals surface area contributed by atoms with Crippen LogP contribution in [0.3, 0.4) is 0 Å². The minimum Gasteiger partial charge on any atom is -0.392 e. The predicted octanol–water partition coefficient (Wildman–Crippen LogP) is 3.71. The largest absolute Gasteiger partial charge is 0.392 e. The van der Waals surface area contributed by atoms with Crippen LogP contribution >= 0.6 is 23.2 Å². The first kappa shape index (κ1) is 16.8. The maximum atomic E-state index is 12.8. The molecular formula is C16H12Cl2N2O4. The predicted molar refractivity (Wildman–Crippen MR) is 90.1 cm³/mol. The number of nitrogens with zero attached hydrogens (tertiary/aromatic N) is 2. The topological polar surface area (TPSA) is 85.9 Å². The number of benzene rings is 2. The lowest BCUT2D eigenvalue weighted by Crippen LogP contribution is -2.15. The number of para-hydroxylation sites is 1. The van der Waals surface area contributed by atoms with E-state index in [1.165, 1.54) is 29.0 Å². The van der Waals surface area contributed by atoms with Gasteiger partial charge in [0.05, 0.1) is 22.2 Å². The highest BCUT2D eigenvalue weighted by Gasteiger charge is 2.19. The lowest BCUT2D eigenvalue weighted by Gasteiger charge is -2.12. The standard InChI is InChI=1S/C16H12Cl2N2O4/c17-12-5-4-9(6-14(12)20(23)24)16(22)19-7-10(8-21)11-2-1-3-13(18)15(11)19/h1-7,21,23-24H,8H2. The van der Waals surface area contributed by atoms with Crippen molar-refractivity contribution in [2.45, 2.75) is 6.61 Å². The van der Waals surface area contributed by atoms with Crippen molar-refractivity contribution < 1.29 is 20.3 Å². The maximum Gasteiger partial charge on any atom is 0.262 e. The molecule has 0 fully saturated rings. The molecule has 0 atom stereocenters. The van der Waals surface area contributed by atoms with Crippen molar-refractivity contribution in [3.63, 3.8) is 0 Å². The summed E-state index contributed by atoms with van der Waals surface area (Å²) in [5.74, 6) is -0.451. The molecule has 0 radical (unpaired) electrons. The van der Waals surface area contributed by atoms with Gasteiger partial charge in [-0.15, -0.1) is 5.23 Å². The van der Waals surface area contributed by atoms with Gasteiger partial charge in [0.15, 0.2) is 0 Å². The van der Waals surface area contributed by atoms with Gasteiger partial charge in [-0.3, -0.25) is 19.8 Å². The number of hydrogen-bond donors (Lipinski definition) is 3. The number of halogens is 2. The van der Waals surface area contributed by atoms with Crippen LogP contribution in [0.15, 0.2) is 42.6 Å². The van der Waals surface area contributed by atoms with Crippen molar-refractivity contribution in [3.8, 4) is 0 Å². The van der Waals surface area contributed by atoms with Gasteiger partial charge < -0.3 is 5.11 Å². The normalized spacial score (nSPS) is 11.0. The number of carbonyl (C=O) groups is 1. The average molecular weight is 367 g/mol. The zero-order chi connectivity index (χ0) is 17.4. The third-order valence-electron chi connectivity index (χ3n) is 3.66. The Labute approximate surface area is 146 Å². The number of aliphatic hydroxyl groups is 1. The van der Waals surface area contributed by atoms with Crippen molar-refractivity contribution >= 4 is 45.7 Å². The molecule has 0 unspecified atom stereocenters. The molecular weight excluding hydrogens is 355 g/mol. The molecule has 1 heterocycles. The maximum absolute atomic E-state index is 12.8. The minimum atomic E-state index is -0.451. The summed E-state index contributed by atoms with van der Waals surface area (Å²) < 4.78 is 1.31. The van der Waals surface area contributed by atoms with Crippen LogP contribution in [0, 0.1) is 0 Å². The third-order valence-corrected chi connectivity index (χ3v) is 4.28. The van der Waals surface area contributed by atoms with Crippen LogP contribution in [-0.2, 0) is 6.61 Å². The van der Waals surface area contributed by atoms with Crippen LogP contribution < -0.4 is 5.23 Å². The first-order valence-corrected chi connectivity index (χ1v) is 7.61. The van der Waals surface area contributed by atoms with Gasteiger partial charge in [-0.1, -0.05) is 35.3 Å². The Morgan fingerprint density at radius 1 is 1.12 bits per heavy atom. The van der Waals surface area contributed by atoms with E-state index in [1.54, 1.807) is 18.2 Å². The van der Waals surface area contributed by atoms with E-state index >= 15 is 0 Å². The summed E-state index contributed by atoms with van der Waals surface area (Å²) in [6.45, 7) is -0.246. The second-order valence-electron chi connectivity index (χ2n) is 5.08. The summed E-state index contributed by atoms with van der Waals surface area (Å²) in [6.07, 6.45) is 1.50. The lowest BCUT2D eigenvalue weighted by molar-refractivity contribution is 0.0292. The number of anilines is 1. The summed E-state index contributed by atoms with van der Waals surface area (Å²) in [6, 6.07) is 9.21. The van der Waals surface area contributed by atoms with Crippen LogP contribution in [-0.4, -0.2) is 26.0 Å². The number of rotatable bonds is 3. The number of aromatic nitrogens is 1. The van der Waals surface area contributed by atoms with E-state index in [9.17, 15) is 20.3 Å². The molecule has 0 aliphatic carbocycles. The molecule has 8 heteroatoms. The zero-order valence-electron chi connectivity index (χ0n) is 12.1. The van der Waals surface area contributed by atoms with Gasteiger partial charge in [0.1, 0.15) is 5.69 Å². The molecule has 3 aromatic rings. The van der Waals surface area contributed by atoms with Crippen molar-refractivity contribution in [2.75, 3.05) is 5.23 Å². The Hall–Kier alpha value is -2.09. The third kappa shape index (κ3) is 2.75. The molecule has 0 bridgehead atoms. The fourth-order valence-corrected chi connectivity index (χ4v) is 2.99. The Morgan fingerprint density at radius 2 is 1.88 bits per heavy atom. The summed E-state index contributed by atoms with van der Waals surface area (Å²) in [5.41, 5.74) is 1.06. The van der Waals surface area contributed by atoms with Gasteiger partial charge >= 0.3 is 0 Å². The van der Waals surface area contributed by atoms with Gasteiger partial charge in [-0.25, -0.2) is 0 Å². The van der Waals surface area contributed by atoms with Crippen LogP contribution in [0.4, 0.5) is 5.69 Å². The number of aliphatic hydroxyl groups excluding tert-OH is 1. The Morgan fingerprint density at radius 3 is 2.54 bits per heavy atom. The minimum absolute atomic E-state index is 0.0722. The summed E-state index contributed by atoms with van der Waals surface area (Å²) >= 11 is 12.1. The molecule has 0 amide bonds. The van der Waals surface area contributed by atoms with E-state index in [4.69, 9.17) is 23.2 Å². The quantitative estimate of drug-likeness (QED) is 0.615. The molecule has 2 aromatic carbocycles. The van der Waals surface area contributed by atoms with Crippen molar-refractivity contribution in [1.82, 2.24) is 4.57 Å². The molecule has 3 N–H and O–H groups in total. The van der Waals surface area contributed by atoms with E-state index < -0.39 is 5.91 Å². The van der Waals surface area contributed by atoms with Crippen LogP contribution in [0.25, 0.3) is 10.9 Å². The Kier molecular flexibility index (Phi) is 4.49. The van der Waals surface area contributed by atoms with E-state index in [0.29, 0.717) is 21.5 Å². The first-order valence-electron chi connectivity index (χ1n) is 6.85. The zero-order valence-corrected chi connectivity index (χ0v) is 13.7. The van der Waals surface area contributed by atoms with Crippen molar-refractivity contribution in [2.24, 2.45) is 0 Å². The van der Waals surface area contributed by atoms with E-state index in [2.05, 4.69) is 0 Å². The molecule has 0 spiro atoms. The van der Waals surface area contributed by atoms with Crippen LogP contribution in [0.5, 0.6) is 0 Å². The average Bonchev–Trinajstić information content (AvgIpc) is 2.94. The molecule has 0 aliphatic rings. The number of fused-ring (bicyclic) bond motifs is 1. The molecule has 6 nitrogen and oxygen atoms in total. The van der Waals surface area contributed by atoms with Gasteiger partial charge in [0.2, 0.25) is 0 Å². The van der Waals surface area contributed by atoms with E-state index in [-0.39, 0.29) is 28.1 Å². The highest BCUT2D eigenvalue weighted by molar-refractivity contribution is 6.36. The highest BCUT2D eigenvalue weighted by atomic mass is 35.5. The van der Waals surface area contributed by atoms with Gasteiger partial charge in [-0.05, 0) is 24.3 Å². The van der Waals surface area contributed by atoms with Gasteiger partial charge in [0, 0.05) is 22.7 Å². The SMILES string of the molecule is O=C(c1ccc(Cl)c(N(O)O)c1)n1cc(CO)c2cccc(Cl)c21. The molecule has 3 rings (SSSR count). The monoisotopic (exact) mass is 366 g/mol. The Balaban J connectivity index is 2.18. The fourth-order valence-electron chi connectivity index (χ4n) is 2.53. The van der Waals surface area contributed by atoms with E-state index in [1.807, 2.05) is 0 Å². The van der Waals surface area contributed by atoms with Crippen LogP contribution in [0.2, 0.25) is 10.0 Å². The van der Waals surface area contributed by atoms with Crippen molar-refractivity contribution in [3.05, 3.63) is 63.8 Å². The number of carbonyl (C=O) groups excluding carboxylic acids is 1. The second-order valence-corrected chi connectivity index (χ2v) is 5.89. The highest BCUT2D eigenvalue weighted by Crippen LogP contribution is 2.30. The smallest absolute Gasteiger partial charge is 0.262 e. The summed E-state index contributed by atoms with van der Waals surface area (Å²) in [7, 11) is 0. The van der Waals surface area contributed by atoms with Crippen molar-refractivity contribution in [1.29, 1.82) is 0 Å². The molecule has 0 saturated heterocycles. The molecule has 124 valence electrons. The Bertz CT molecular complexity index is 937. The second kappa shape index (κ2) is 6.43.